The SMILES string of the molecule is COCCN1C(=O)CC(c2cc(Cl)ccc2Cl)C(C(=O)OCc2ccccc2OC)=C1C. The maximum absolute atomic E-state index is 13.3. The monoisotopic (exact) mass is 477 g/mol. The molecular formula is C24H25Cl2NO5. The topological polar surface area (TPSA) is 65.1 Å². The minimum absolute atomic E-state index is 0.0294. The number of esters is 1. The van der Waals surface area contributed by atoms with Crippen LogP contribution in [-0.4, -0.2) is 44.1 Å². The third-order valence-corrected chi connectivity index (χ3v) is 6.03. The van der Waals surface area contributed by atoms with E-state index >= 15 is 0 Å². The van der Waals surface area contributed by atoms with Crippen LogP contribution in [-0.2, 0) is 25.7 Å². The fourth-order valence-electron chi connectivity index (χ4n) is 3.83. The predicted molar refractivity (Wildman–Crippen MR) is 123 cm³/mol. The van der Waals surface area contributed by atoms with Crippen molar-refractivity contribution < 1.29 is 23.8 Å². The molecule has 1 amide bonds. The van der Waals surface area contributed by atoms with E-state index in [-0.39, 0.29) is 18.9 Å². The molecule has 1 unspecified atom stereocenters. The standard InChI is InChI=1S/C24H25Cl2NO5/c1-15-23(24(29)32-14-16-6-4-5-7-21(16)31-3)19(13-22(28)27(15)10-11-30-2)18-12-17(25)8-9-20(18)26/h4-9,12,19H,10-11,13-14H2,1-3H3. The zero-order chi connectivity index (χ0) is 23.3. The molecule has 0 fully saturated rings. The van der Waals surface area contributed by atoms with Crippen LogP contribution in [0.3, 0.4) is 0 Å². The molecular weight excluding hydrogens is 453 g/mol. The lowest BCUT2D eigenvalue weighted by Gasteiger charge is -2.34. The molecule has 2 aromatic rings. The van der Waals surface area contributed by atoms with Crippen molar-refractivity contribution >= 4 is 35.1 Å². The lowest BCUT2D eigenvalue weighted by Crippen LogP contribution is -2.40. The second-order valence-electron chi connectivity index (χ2n) is 7.35. The van der Waals surface area contributed by atoms with Crippen LogP contribution < -0.4 is 4.74 Å². The van der Waals surface area contributed by atoms with Crippen LogP contribution in [0.1, 0.15) is 30.4 Å². The van der Waals surface area contributed by atoms with Crippen LogP contribution in [0.15, 0.2) is 53.7 Å². The highest BCUT2D eigenvalue weighted by molar-refractivity contribution is 6.33. The number of halogens is 2. The van der Waals surface area contributed by atoms with Gasteiger partial charge in [-0.3, -0.25) is 4.79 Å². The first-order valence-electron chi connectivity index (χ1n) is 10.1. The number of methoxy groups -OCH3 is 2. The van der Waals surface area contributed by atoms with E-state index in [1.165, 1.54) is 0 Å². The van der Waals surface area contributed by atoms with E-state index in [0.29, 0.717) is 45.8 Å². The fraction of sp³-hybridized carbons (Fsp3) is 0.333. The van der Waals surface area contributed by atoms with E-state index < -0.39 is 11.9 Å². The Labute approximate surface area is 197 Å². The Morgan fingerprint density at radius 2 is 1.91 bits per heavy atom. The van der Waals surface area contributed by atoms with Gasteiger partial charge in [0.2, 0.25) is 5.91 Å². The normalized spacial score (nSPS) is 16.3. The predicted octanol–water partition coefficient (Wildman–Crippen LogP) is 4.98. The molecule has 0 saturated heterocycles. The van der Waals surface area contributed by atoms with Gasteiger partial charge in [0.1, 0.15) is 12.4 Å². The van der Waals surface area contributed by atoms with Crippen LogP contribution in [0.5, 0.6) is 5.75 Å². The molecule has 1 atom stereocenters. The van der Waals surface area contributed by atoms with Crippen molar-refractivity contribution in [2.45, 2.75) is 25.9 Å². The molecule has 170 valence electrons. The molecule has 1 heterocycles. The summed E-state index contributed by atoms with van der Waals surface area (Å²) in [6.45, 7) is 2.44. The van der Waals surface area contributed by atoms with Crippen molar-refractivity contribution in [1.82, 2.24) is 4.90 Å². The quantitative estimate of drug-likeness (QED) is 0.501. The second-order valence-corrected chi connectivity index (χ2v) is 8.19. The number of hydrogen-bond donors (Lipinski definition) is 0. The molecule has 32 heavy (non-hydrogen) atoms. The lowest BCUT2D eigenvalue weighted by molar-refractivity contribution is -0.141. The Balaban J connectivity index is 1.98. The smallest absolute Gasteiger partial charge is 0.336 e. The molecule has 6 nitrogen and oxygen atoms in total. The molecule has 0 radical (unpaired) electrons. The number of rotatable bonds is 8. The minimum atomic E-state index is -0.572. The Morgan fingerprint density at radius 1 is 1.16 bits per heavy atom. The van der Waals surface area contributed by atoms with Gasteiger partial charge in [-0.25, -0.2) is 4.79 Å². The van der Waals surface area contributed by atoms with Crippen LogP contribution in [0, 0.1) is 0 Å². The van der Waals surface area contributed by atoms with Gasteiger partial charge in [0.05, 0.1) is 19.3 Å². The molecule has 0 aliphatic carbocycles. The number of nitrogens with zero attached hydrogens (tertiary/aromatic N) is 1. The van der Waals surface area contributed by atoms with Gasteiger partial charge in [0, 0.05) is 47.3 Å². The van der Waals surface area contributed by atoms with Gasteiger partial charge in [-0.15, -0.1) is 0 Å². The summed E-state index contributed by atoms with van der Waals surface area (Å²) in [6.07, 6.45) is 0.0697. The summed E-state index contributed by atoms with van der Waals surface area (Å²) in [6, 6.07) is 12.3. The van der Waals surface area contributed by atoms with Gasteiger partial charge in [-0.2, -0.15) is 0 Å². The molecule has 0 spiro atoms. The van der Waals surface area contributed by atoms with Crippen LogP contribution in [0.2, 0.25) is 10.0 Å². The highest BCUT2D eigenvalue weighted by atomic mass is 35.5. The van der Waals surface area contributed by atoms with Crippen molar-refractivity contribution in [2.24, 2.45) is 0 Å². The van der Waals surface area contributed by atoms with Crippen LogP contribution in [0.25, 0.3) is 0 Å². The van der Waals surface area contributed by atoms with E-state index in [1.807, 2.05) is 18.2 Å². The molecule has 8 heteroatoms. The zero-order valence-electron chi connectivity index (χ0n) is 18.2. The molecule has 1 aliphatic heterocycles. The first-order valence-corrected chi connectivity index (χ1v) is 10.9. The largest absolute Gasteiger partial charge is 0.496 e. The van der Waals surface area contributed by atoms with Crippen molar-refractivity contribution in [3.05, 3.63) is 74.9 Å². The fourth-order valence-corrected chi connectivity index (χ4v) is 4.26. The number of allylic oxidation sites excluding steroid dienone is 1. The van der Waals surface area contributed by atoms with Gasteiger partial charge >= 0.3 is 5.97 Å². The molecule has 2 aromatic carbocycles. The first-order chi connectivity index (χ1) is 15.4. The Hall–Kier alpha value is -2.54. The third kappa shape index (κ3) is 5.26. The van der Waals surface area contributed by atoms with E-state index in [0.717, 1.165) is 5.56 Å². The zero-order valence-corrected chi connectivity index (χ0v) is 19.7. The summed E-state index contributed by atoms with van der Waals surface area (Å²) in [5.74, 6) is -0.593. The number of para-hydroxylation sites is 1. The van der Waals surface area contributed by atoms with E-state index in [1.54, 1.807) is 50.3 Å². The Bertz CT molecular complexity index is 1040. The Morgan fingerprint density at radius 3 is 2.62 bits per heavy atom. The van der Waals surface area contributed by atoms with Gasteiger partial charge in [-0.1, -0.05) is 41.4 Å². The molecule has 1 aliphatic rings. The van der Waals surface area contributed by atoms with Crippen molar-refractivity contribution in [2.75, 3.05) is 27.4 Å². The van der Waals surface area contributed by atoms with Gasteiger partial charge in [-0.05, 0) is 36.8 Å². The summed E-state index contributed by atoms with van der Waals surface area (Å²) in [7, 11) is 3.12. The summed E-state index contributed by atoms with van der Waals surface area (Å²) >= 11 is 12.6. The number of benzene rings is 2. The first kappa shape index (κ1) is 24.1. The maximum atomic E-state index is 13.3. The van der Waals surface area contributed by atoms with E-state index in [2.05, 4.69) is 0 Å². The second kappa shape index (κ2) is 10.9. The average molecular weight is 478 g/mol. The lowest BCUT2D eigenvalue weighted by atomic mass is 9.83. The highest BCUT2D eigenvalue weighted by Gasteiger charge is 2.37. The van der Waals surface area contributed by atoms with Gasteiger partial charge < -0.3 is 19.1 Å². The van der Waals surface area contributed by atoms with Crippen LogP contribution in [0.4, 0.5) is 0 Å². The summed E-state index contributed by atoms with van der Waals surface area (Å²) in [5, 5.41) is 0.901. The highest BCUT2D eigenvalue weighted by Crippen LogP contribution is 2.40. The number of ether oxygens (including phenoxy) is 3. The molecule has 0 saturated carbocycles. The maximum Gasteiger partial charge on any atom is 0.336 e. The molecule has 3 rings (SSSR count). The van der Waals surface area contributed by atoms with Crippen LogP contribution >= 0.6 is 23.2 Å². The minimum Gasteiger partial charge on any atom is -0.496 e. The molecule has 0 bridgehead atoms. The van der Waals surface area contributed by atoms with E-state index in [4.69, 9.17) is 37.4 Å². The molecule has 0 N–H and O–H groups in total. The van der Waals surface area contributed by atoms with Gasteiger partial charge in [0.25, 0.3) is 0 Å². The van der Waals surface area contributed by atoms with Crippen molar-refractivity contribution in [1.29, 1.82) is 0 Å². The number of amides is 1. The number of hydrogen-bond acceptors (Lipinski definition) is 5. The molecule has 0 aromatic heterocycles. The summed E-state index contributed by atoms with van der Waals surface area (Å²) in [5.41, 5.74) is 2.24. The third-order valence-electron chi connectivity index (χ3n) is 5.45. The van der Waals surface area contributed by atoms with E-state index in [9.17, 15) is 9.59 Å². The summed E-state index contributed by atoms with van der Waals surface area (Å²) in [4.78, 5) is 27.8. The number of carbonyl (C=O) groups excluding carboxylic acids is 2. The average Bonchev–Trinajstić information content (AvgIpc) is 2.78. The van der Waals surface area contributed by atoms with Crippen molar-refractivity contribution in [3.63, 3.8) is 0 Å². The summed E-state index contributed by atoms with van der Waals surface area (Å²) < 4.78 is 16.1. The number of carbonyl (C=O) groups is 2. The Kier molecular flexibility index (Phi) is 8.18. The van der Waals surface area contributed by atoms with Crippen molar-refractivity contribution in [3.8, 4) is 5.75 Å². The van der Waals surface area contributed by atoms with Gasteiger partial charge in [0.15, 0.2) is 0 Å².